The molecular formula is C27H30N2O5. The number of fused-ring (bicyclic) bond motifs is 3. The topological polar surface area (TPSA) is 95.9 Å². The van der Waals surface area contributed by atoms with Gasteiger partial charge in [0.05, 0.1) is 5.41 Å². The molecule has 7 heteroatoms. The molecule has 1 aliphatic carbocycles. The predicted octanol–water partition coefficient (Wildman–Crippen LogP) is 4.18. The zero-order chi connectivity index (χ0) is 24.3. The Bertz CT molecular complexity index is 1070. The Morgan fingerprint density at radius 3 is 2.38 bits per heavy atom. The molecular weight excluding hydrogens is 432 g/mol. The second kappa shape index (κ2) is 9.71. The molecule has 2 N–H and O–H groups in total. The summed E-state index contributed by atoms with van der Waals surface area (Å²) in [6.45, 7) is 6.06. The van der Waals surface area contributed by atoms with Crippen LogP contribution in [0.4, 0.5) is 4.79 Å². The summed E-state index contributed by atoms with van der Waals surface area (Å²) in [7, 11) is 0. The minimum atomic E-state index is -0.990. The van der Waals surface area contributed by atoms with Gasteiger partial charge in [0.25, 0.3) is 0 Å². The summed E-state index contributed by atoms with van der Waals surface area (Å²) in [4.78, 5) is 39.0. The van der Waals surface area contributed by atoms with Gasteiger partial charge in [0.1, 0.15) is 12.6 Å². The minimum absolute atomic E-state index is 0.0786. The van der Waals surface area contributed by atoms with Crippen molar-refractivity contribution >= 4 is 18.0 Å². The summed E-state index contributed by atoms with van der Waals surface area (Å²) in [6, 6.07) is 15.3. The van der Waals surface area contributed by atoms with Crippen LogP contribution in [0.2, 0.25) is 0 Å². The number of amides is 2. The van der Waals surface area contributed by atoms with Gasteiger partial charge in [-0.3, -0.25) is 9.59 Å². The third-order valence-corrected chi connectivity index (χ3v) is 6.86. The van der Waals surface area contributed by atoms with E-state index in [-0.39, 0.29) is 31.4 Å². The van der Waals surface area contributed by atoms with E-state index in [9.17, 15) is 19.5 Å². The highest BCUT2D eigenvalue weighted by Crippen LogP contribution is 2.44. The number of nitrogens with one attached hydrogen (secondary N) is 1. The highest BCUT2D eigenvalue weighted by molar-refractivity contribution is 5.87. The third-order valence-electron chi connectivity index (χ3n) is 6.86. The van der Waals surface area contributed by atoms with Gasteiger partial charge in [-0.05, 0) is 48.4 Å². The molecule has 0 saturated carbocycles. The maximum absolute atomic E-state index is 13.1. The summed E-state index contributed by atoms with van der Waals surface area (Å²) in [6.07, 6.45) is 2.22. The SMILES string of the molecule is C=CCC(NC(=O)OCC1c2ccccc2-c2ccccc21)C(=O)N1CCCC(C)(C(=O)O)C1. The first kappa shape index (κ1) is 23.5. The number of carbonyl (C=O) groups excluding carboxylic acids is 2. The van der Waals surface area contributed by atoms with Crippen LogP contribution in [0.15, 0.2) is 61.2 Å². The fraction of sp³-hybridized carbons (Fsp3) is 0.370. The fourth-order valence-electron chi connectivity index (χ4n) is 4.99. The summed E-state index contributed by atoms with van der Waals surface area (Å²) >= 11 is 0. The number of carboxylic acid groups (broad SMARTS) is 1. The van der Waals surface area contributed by atoms with Gasteiger partial charge in [-0.25, -0.2) is 4.79 Å². The number of carboxylic acids is 1. The molecule has 2 atom stereocenters. The van der Waals surface area contributed by atoms with Crippen LogP contribution in [0, 0.1) is 5.41 Å². The summed E-state index contributed by atoms with van der Waals surface area (Å²) in [5, 5.41) is 12.2. The first-order valence-electron chi connectivity index (χ1n) is 11.6. The number of benzene rings is 2. The maximum Gasteiger partial charge on any atom is 0.407 e. The standard InChI is InChI=1S/C27H30N2O5/c1-3-9-23(24(30)29-15-8-14-27(2,17-29)25(31)32)28-26(33)34-16-22-20-12-6-4-10-18(20)19-11-5-7-13-21(19)22/h3-7,10-13,22-23H,1,8-9,14-17H2,2H3,(H,28,33)(H,31,32). The molecule has 0 aromatic heterocycles. The Labute approximate surface area is 199 Å². The van der Waals surface area contributed by atoms with E-state index in [0.717, 1.165) is 22.3 Å². The second-order valence-corrected chi connectivity index (χ2v) is 9.28. The molecule has 0 bridgehead atoms. The molecule has 4 rings (SSSR count). The smallest absolute Gasteiger partial charge is 0.407 e. The van der Waals surface area contributed by atoms with Crippen molar-refractivity contribution in [3.05, 3.63) is 72.3 Å². The number of piperidine rings is 1. The Morgan fingerprint density at radius 1 is 1.18 bits per heavy atom. The zero-order valence-corrected chi connectivity index (χ0v) is 19.3. The van der Waals surface area contributed by atoms with Gasteiger partial charge in [-0.1, -0.05) is 54.6 Å². The van der Waals surface area contributed by atoms with Crippen LogP contribution >= 0.6 is 0 Å². The minimum Gasteiger partial charge on any atom is -0.481 e. The van der Waals surface area contributed by atoms with Gasteiger partial charge in [0, 0.05) is 19.0 Å². The Kier molecular flexibility index (Phi) is 6.72. The highest BCUT2D eigenvalue weighted by Gasteiger charge is 2.41. The fourth-order valence-corrected chi connectivity index (χ4v) is 4.99. The number of ether oxygens (including phenoxy) is 1. The van der Waals surface area contributed by atoms with E-state index in [1.807, 2.05) is 36.4 Å². The molecule has 0 spiro atoms. The van der Waals surface area contributed by atoms with Crippen molar-refractivity contribution < 1.29 is 24.2 Å². The van der Waals surface area contributed by atoms with E-state index in [0.29, 0.717) is 19.4 Å². The number of aliphatic carboxylic acids is 1. The maximum atomic E-state index is 13.1. The predicted molar refractivity (Wildman–Crippen MR) is 128 cm³/mol. The van der Waals surface area contributed by atoms with Gasteiger partial charge < -0.3 is 20.1 Å². The quantitative estimate of drug-likeness (QED) is 0.602. The van der Waals surface area contributed by atoms with Crippen molar-refractivity contribution in [1.29, 1.82) is 0 Å². The van der Waals surface area contributed by atoms with E-state index in [4.69, 9.17) is 4.74 Å². The van der Waals surface area contributed by atoms with Crippen LogP contribution in [-0.2, 0) is 14.3 Å². The molecule has 1 fully saturated rings. The van der Waals surface area contributed by atoms with Gasteiger partial charge in [-0.15, -0.1) is 6.58 Å². The number of hydrogen-bond donors (Lipinski definition) is 2. The Balaban J connectivity index is 1.42. The molecule has 34 heavy (non-hydrogen) atoms. The molecule has 7 nitrogen and oxygen atoms in total. The van der Waals surface area contributed by atoms with Crippen LogP contribution in [0.1, 0.15) is 43.2 Å². The first-order chi connectivity index (χ1) is 16.3. The average Bonchev–Trinajstić information content (AvgIpc) is 3.16. The third kappa shape index (κ3) is 4.55. The lowest BCUT2D eigenvalue weighted by atomic mass is 9.82. The van der Waals surface area contributed by atoms with Crippen LogP contribution in [0.5, 0.6) is 0 Å². The lowest BCUT2D eigenvalue weighted by Gasteiger charge is -2.38. The van der Waals surface area contributed by atoms with Crippen molar-refractivity contribution in [2.75, 3.05) is 19.7 Å². The monoisotopic (exact) mass is 462 g/mol. The van der Waals surface area contributed by atoms with Crippen LogP contribution in [0.3, 0.4) is 0 Å². The lowest BCUT2D eigenvalue weighted by molar-refractivity contribution is -0.154. The van der Waals surface area contributed by atoms with Crippen LogP contribution in [0.25, 0.3) is 11.1 Å². The Hall–Kier alpha value is -3.61. The Morgan fingerprint density at radius 2 is 1.79 bits per heavy atom. The van der Waals surface area contributed by atoms with Crippen molar-refractivity contribution in [2.24, 2.45) is 5.41 Å². The van der Waals surface area contributed by atoms with Gasteiger partial charge in [0.2, 0.25) is 5.91 Å². The molecule has 1 heterocycles. The number of alkyl carbamates (subject to hydrolysis) is 1. The second-order valence-electron chi connectivity index (χ2n) is 9.28. The number of hydrogen-bond acceptors (Lipinski definition) is 4. The van der Waals surface area contributed by atoms with Crippen LogP contribution < -0.4 is 5.32 Å². The molecule has 0 radical (unpaired) electrons. The van der Waals surface area contributed by atoms with E-state index in [1.165, 1.54) is 4.90 Å². The number of rotatable bonds is 7. The number of likely N-dealkylation sites (tertiary alicyclic amines) is 1. The average molecular weight is 463 g/mol. The molecule has 2 unspecified atom stereocenters. The van der Waals surface area contributed by atoms with Crippen molar-refractivity contribution in [2.45, 2.75) is 38.1 Å². The molecule has 2 aromatic carbocycles. The molecule has 2 aliphatic rings. The van der Waals surface area contributed by atoms with Gasteiger partial charge in [-0.2, -0.15) is 0 Å². The number of carbonyl (C=O) groups is 3. The summed E-state index contributed by atoms with van der Waals surface area (Å²) in [5.41, 5.74) is 3.50. The molecule has 2 aromatic rings. The van der Waals surface area contributed by atoms with Crippen molar-refractivity contribution in [3.63, 3.8) is 0 Å². The normalized spacial score (nSPS) is 20.1. The van der Waals surface area contributed by atoms with Crippen molar-refractivity contribution in [3.8, 4) is 11.1 Å². The van der Waals surface area contributed by atoms with E-state index < -0.39 is 23.5 Å². The summed E-state index contributed by atoms with van der Waals surface area (Å²) in [5.74, 6) is -1.32. The highest BCUT2D eigenvalue weighted by atomic mass is 16.5. The largest absolute Gasteiger partial charge is 0.481 e. The van der Waals surface area contributed by atoms with Crippen molar-refractivity contribution in [1.82, 2.24) is 10.2 Å². The van der Waals surface area contributed by atoms with Gasteiger partial charge in [0.15, 0.2) is 0 Å². The van der Waals surface area contributed by atoms with E-state index in [2.05, 4.69) is 24.0 Å². The molecule has 1 saturated heterocycles. The van der Waals surface area contributed by atoms with E-state index >= 15 is 0 Å². The van der Waals surface area contributed by atoms with Crippen LogP contribution in [-0.4, -0.2) is 53.7 Å². The van der Waals surface area contributed by atoms with E-state index in [1.54, 1.807) is 13.0 Å². The lowest BCUT2D eigenvalue weighted by Crippen LogP contribution is -2.54. The zero-order valence-electron chi connectivity index (χ0n) is 19.3. The van der Waals surface area contributed by atoms with Gasteiger partial charge >= 0.3 is 12.1 Å². The molecule has 1 aliphatic heterocycles. The molecule has 2 amide bonds. The number of nitrogens with zero attached hydrogens (tertiary/aromatic N) is 1. The summed E-state index contributed by atoms with van der Waals surface area (Å²) < 4.78 is 5.58. The molecule has 178 valence electrons. The first-order valence-corrected chi connectivity index (χ1v) is 11.6.